The predicted molar refractivity (Wildman–Crippen MR) is 109 cm³/mol. The maximum absolute atomic E-state index is 13.4. The highest BCUT2D eigenvalue weighted by molar-refractivity contribution is 5.84. The van der Waals surface area contributed by atoms with E-state index in [1.54, 1.807) is 6.07 Å². The van der Waals surface area contributed by atoms with Gasteiger partial charge in [-0.2, -0.15) is 0 Å². The molecule has 0 radical (unpaired) electrons. The molecule has 1 aliphatic carbocycles. The van der Waals surface area contributed by atoms with Crippen LogP contribution in [0.2, 0.25) is 0 Å². The third-order valence-electron chi connectivity index (χ3n) is 5.69. The molecule has 0 unspecified atom stereocenters. The number of hydrogen-bond donors (Lipinski definition) is 2. The number of hydrogen-bond acceptors (Lipinski definition) is 3. The smallest absolute Gasteiger partial charge is 0.224 e. The molecule has 1 amide bonds. The maximum Gasteiger partial charge on any atom is 0.224 e. The van der Waals surface area contributed by atoms with E-state index in [1.165, 1.54) is 12.1 Å². The van der Waals surface area contributed by atoms with Gasteiger partial charge in [-0.1, -0.05) is 12.1 Å². The average molecular weight is 391 g/mol. The number of amides is 1. The summed E-state index contributed by atoms with van der Waals surface area (Å²) < 4.78 is 15.6. The number of H-pyrrole nitrogens is 1. The zero-order valence-electron chi connectivity index (χ0n) is 16.3. The second-order valence-electron chi connectivity index (χ2n) is 7.67. The average Bonchev–Trinajstić information content (AvgIpc) is 3.25. The quantitative estimate of drug-likeness (QED) is 0.539. The Morgan fingerprint density at radius 2 is 2.10 bits per heavy atom. The van der Waals surface area contributed by atoms with E-state index in [1.807, 2.05) is 25.1 Å². The van der Waals surface area contributed by atoms with E-state index in [-0.39, 0.29) is 29.6 Å². The summed E-state index contributed by atoms with van der Waals surface area (Å²) in [5, 5.41) is 3.04. The van der Waals surface area contributed by atoms with E-state index in [9.17, 15) is 9.18 Å². The standard InChI is InChI=1S/C22H22FN5O/c1-3-28-19-7-5-4-6-17(19)27-21(28)14-11-15(14)22(29)24-12(2)20-25-16-9-8-13(23)10-18(16)26-20/h4-10,12,14-15H,3,11H2,1-2H3,(H,24,29)(H,25,26)/t12-,14-,15-/m0/s1. The number of rotatable bonds is 5. The van der Waals surface area contributed by atoms with Crippen LogP contribution in [0.3, 0.4) is 0 Å². The minimum Gasteiger partial charge on any atom is -0.346 e. The first-order valence-electron chi connectivity index (χ1n) is 9.96. The number of aromatic nitrogens is 4. The van der Waals surface area contributed by atoms with E-state index >= 15 is 0 Å². The molecule has 0 aliphatic heterocycles. The molecule has 2 aromatic carbocycles. The molecule has 0 bridgehead atoms. The lowest BCUT2D eigenvalue weighted by atomic mass is 10.2. The number of para-hydroxylation sites is 2. The molecule has 3 atom stereocenters. The molecule has 0 spiro atoms. The maximum atomic E-state index is 13.4. The van der Waals surface area contributed by atoms with Crippen molar-refractivity contribution in [2.75, 3.05) is 0 Å². The van der Waals surface area contributed by atoms with Crippen LogP contribution in [0.15, 0.2) is 42.5 Å². The Morgan fingerprint density at radius 3 is 2.93 bits per heavy atom. The lowest BCUT2D eigenvalue weighted by Crippen LogP contribution is -2.29. The molecule has 2 aromatic heterocycles. The molecular weight excluding hydrogens is 369 g/mol. The summed E-state index contributed by atoms with van der Waals surface area (Å²) in [5.41, 5.74) is 3.39. The van der Waals surface area contributed by atoms with Gasteiger partial charge < -0.3 is 14.9 Å². The van der Waals surface area contributed by atoms with Gasteiger partial charge >= 0.3 is 0 Å². The first-order valence-corrected chi connectivity index (χ1v) is 9.96. The van der Waals surface area contributed by atoms with Crippen molar-refractivity contribution >= 4 is 28.0 Å². The van der Waals surface area contributed by atoms with Crippen molar-refractivity contribution in [2.24, 2.45) is 5.92 Å². The molecule has 7 heteroatoms. The van der Waals surface area contributed by atoms with Gasteiger partial charge in [0.05, 0.1) is 28.1 Å². The fraction of sp³-hybridized carbons (Fsp3) is 0.318. The number of carbonyl (C=O) groups is 1. The minimum atomic E-state index is -0.316. The van der Waals surface area contributed by atoms with Gasteiger partial charge in [0.2, 0.25) is 5.91 Å². The lowest BCUT2D eigenvalue weighted by molar-refractivity contribution is -0.123. The largest absolute Gasteiger partial charge is 0.346 e. The monoisotopic (exact) mass is 391 g/mol. The van der Waals surface area contributed by atoms with Crippen LogP contribution < -0.4 is 5.32 Å². The Hall–Kier alpha value is -3.22. The molecule has 0 saturated heterocycles. The number of nitrogens with one attached hydrogen (secondary N) is 2. The summed E-state index contributed by atoms with van der Waals surface area (Å²) in [4.78, 5) is 25.2. The lowest BCUT2D eigenvalue weighted by Gasteiger charge is -2.11. The number of imidazole rings is 2. The van der Waals surface area contributed by atoms with Crippen molar-refractivity contribution in [2.45, 2.75) is 38.8 Å². The van der Waals surface area contributed by atoms with Gasteiger partial charge in [0, 0.05) is 18.4 Å². The van der Waals surface area contributed by atoms with Crippen LogP contribution in [0.5, 0.6) is 0 Å². The first kappa shape index (κ1) is 17.8. The highest BCUT2D eigenvalue weighted by atomic mass is 19.1. The summed E-state index contributed by atoms with van der Waals surface area (Å²) in [6, 6.07) is 12.2. The SMILES string of the molecule is CCn1c([C@H]2C[C@@H]2C(=O)N[C@@H](C)c2nc3ccc(F)cc3[nH]2)nc2ccccc21. The molecule has 2 heterocycles. The molecule has 29 heavy (non-hydrogen) atoms. The molecule has 1 aliphatic rings. The van der Waals surface area contributed by atoms with Gasteiger partial charge in [-0.3, -0.25) is 4.79 Å². The fourth-order valence-corrected chi connectivity index (χ4v) is 4.08. The number of halogens is 1. The van der Waals surface area contributed by atoms with Crippen LogP contribution in [0.1, 0.15) is 43.9 Å². The van der Waals surface area contributed by atoms with Gasteiger partial charge in [-0.15, -0.1) is 0 Å². The van der Waals surface area contributed by atoms with Crippen LogP contribution in [0.25, 0.3) is 22.1 Å². The molecule has 1 fully saturated rings. The zero-order valence-corrected chi connectivity index (χ0v) is 16.3. The Morgan fingerprint density at radius 1 is 1.28 bits per heavy atom. The molecule has 4 aromatic rings. The molecular formula is C22H22FN5O. The number of carbonyl (C=O) groups excluding carboxylic acids is 1. The summed E-state index contributed by atoms with van der Waals surface area (Å²) in [7, 11) is 0. The van der Waals surface area contributed by atoms with Crippen LogP contribution >= 0.6 is 0 Å². The second kappa shape index (κ2) is 6.69. The second-order valence-corrected chi connectivity index (χ2v) is 7.67. The Kier molecular flexibility index (Phi) is 4.12. The first-order chi connectivity index (χ1) is 14.0. The summed E-state index contributed by atoms with van der Waals surface area (Å²) >= 11 is 0. The minimum absolute atomic E-state index is 0.00356. The highest BCUT2D eigenvalue weighted by Gasteiger charge is 2.47. The third kappa shape index (κ3) is 3.06. The predicted octanol–water partition coefficient (Wildman–Crippen LogP) is 4.05. The Balaban J connectivity index is 1.32. The zero-order chi connectivity index (χ0) is 20.1. The van der Waals surface area contributed by atoms with E-state index < -0.39 is 0 Å². The molecule has 148 valence electrons. The summed E-state index contributed by atoms with van der Waals surface area (Å²) in [6.07, 6.45) is 0.799. The van der Waals surface area contributed by atoms with Gasteiger partial charge in [-0.25, -0.2) is 14.4 Å². The molecule has 6 nitrogen and oxygen atoms in total. The number of fused-ring (bicyclic) bond motifs is 2. The van der Waals surface area contributed by atoms with Crippen LogP contribution in [-0.2, 0) is 11.3 Å². The van der Waals surface area contributed by atoms with E-state index in [0.29, 0.717) is 16.9 Å². The van der Waals surface area contributed by atoms with E-state index in [0.717, 1.165) is 29.8 Å². The van der Waals surface area contributed by atoms with Crippen molar-refractivity contribution in [3.63, 3.8) is 0 Å². The van der Waals surface area contributed by atoms with E-state index in [4.69, 9.17) is 4.98 Å². The van der Waals surface area contributed by atoms with Crippen LogP contribution in [0.4, 0.5) is 4.39 Å². The molecule has 1 saturated carbocycles. The number of benzene rings is 2. The van der Waals surface area contributed by atoms with Crippen molar-refractivity contribution in [3.8, 4) is 0 Å². The van der Waals surface area contributed by atoms with Crippen molar-refractivity contribution in [1.29, 1.82) is 0 Å². The van der Waals surface area contributed by atoms with Crippen molar-refractivity contribution in [3.05, 3.63) is 59.9 Å². The highest BCUT2D eigenvalue weighted by Crippen LogP contribution is 2.48. The van der Waals surface area contributed by atoms with Crippen LogP contribution in [-0.4, -0.2) is 25.4 Å². The Bertz CT molecular complexity index is 1230. The number of aromatic amines is 1. The van der Waals surface area contributed by atoms with Crippen LogP contribution in [0, 0.1) is 11.7 Å². The van der Waals surface area contributed by atoms with Gasteiger partial charge in [0.1, 0.15) is 17.5 Å². The van der Waals surface area contributed by atoms with Gasteiger partial charge in [0.25, 0.3) is 0 Å². The Labute approximate surface area is 167 Å². The number of aryl methyl sites for hydroxylation is 1. The molecule has 2 N–H and O–H groups in total. The van der Waals surface area contributed by atoms with Crippen molar-refractivity contribution < 1.29 is 9.18 Å². The third-order valence-corrected chi connectivity index (χ3v) is 5.69. The van der Waals surface area contributed by atoms with E-state index in [2.05, 4.69) is 32.8 Å². The summed E-state index contributed by atoms with van der Waals surface area (Å²) in [5.74, 6) is 1.35. The normalized spacial score (nSPS) is 19.6. The van der Waals surface area contributed by atoms with Gasteiger partial charge in [0.15, 0.2) is 0 Å². The van der Waals surface area contributed by atoms with Crippen molar-refractivity contribution in [1.82, 2.24) is 24.8 Å². The number of nitrogens with zero attached hydrogens (tertiary/aromatic N) is 3. The molecule has 5 rings (SSSR count). The fourth-order valence-electron chi connectivity index (χ4n) is 4.08. The van der Waals surface area contributed by atoms with Gasteiger partial charge in [-0.05, 0) is 50.6 Å². The summed E-state index contributed by atoms with van der Waals surface area (Å²) in [6.45, 7) is 4.80. The topological polar surface area (TPSA) is 75.6 Å².